The molecule has 0 aliphatic carbocycles. The Labute approximate surface area is 124 Å². The summed E-state index contributed by atoms with van der Waals surface area (Å²) in [6, 6.07) is 5.81. The van der Waals surface area contributed by atoms with Crippen LogP contribution in [0.3, 0.4) is 0 Å². The van der Waals surface area contributed by atoms with Gasteiger partial charge in [-0.3, -0.25) is 0 Å². The molecule has 21 heavy (non-hydrogen) atoms. The van der Waals surface area contributed by atoms with Gasteiger partial charge < -0.3 is 20.5 Å². The highest BCUT2D eigenvalue weighted by Crippen LogP contribution is 2.13. The van der Waals surface area contributed by atoms with Crippen molar-refractivity contribution < 1.29 is 19.0 Å². The summed E-state index contributed by atoms with van der Waals surface area (Å²) in [7, 11) is 0. The van der Waals surface area contributed by atoms with Crippen LogP contribution in [0.2, 0.25) is 0 Å². The molecule has 118 valence electrons. The molecule has 3 N–H and O–H groups in total. The van der Waals surface area contributed by atoms with Crippen molar-refractivity contribution in [3.63, 3.8) is 0 Å². The molecule has 1 amide bonds. The molecular formula is C15H23FN2O3. The Hall–Kier alpha value is -1.66. The molecule has 0 bridgehead atoms. The second-order valence-electron chi connectivity index (χ2n) is 5.88. The van der Waals surface area contributed by atoms with Crippen LogP contribution in [0.15, 0.2) is 24.3 Å². The average Bonchev–Trinajstić information content (AvgIpc) is 2.38. The van der Waals surface area contributed by atoms with Gasteiger partial charge in [-0.1, -0.05) is 12.1 Å². The van der Waals surface area contributed by atoms with E-state index in [-0.39, 0.29) is 25.5 Å². The lowest BCUT2D eigenvalue weighted by molar-refractivity contribution is 0.0135. The van der Waals surface area contributed by atoms with Crippen LogP contribution in [-0.4, -0.2) is 40.9 Å². The number of hydrogen-bond donors (Lipinski definition) is 2. The van der Waals surface area contributed by atoms with Crippen molar-refractivity contribution in [2.24, 2.45) is 5.73 Å². The number of nitrogens with two attached hydrogens (primary N) is 1. The maximum absolute atomic E-state index is 12.9. The van der Waals surface area contributed by atoms with Crippen LogP contribution in [0.5, 0.6) is 0 Å². The van der Waals surface area contributed by atoms with Crippen LogP contribution in [0, 0.1) is 5.82 Å². The number of amides is 1. The maximum atomic E-state index is 12.9. The highest BCUT2D eigenvalue weighted by atomic mass is 19.1. The van der Waals surface area contributed by atoms with Crippen molar-refractivity contribution in [3.8, 4) is 0 Å². The van der Waals surface area contributed by atoms with Crippen LogP contribution < -0.4 is 5.73 Å². The molecule has 0 heterocycles. The molecule has 1 aromatic carbocycles. The summed E-state index contributed by atoms with van der Waals surface area (Å²) in [4.78, 5) is 13.5. The monoisotopic (exact) mass is 298 g/mol. The lowest BCUT2D eigenvalue weighted by atomic mass is 10.2. The molecule has 6 heteroatoms. The predicted molar refractivity (Wildman–Crippen MR) is 78.1 cm³/mol. The number of hydrogen-bond acceptors (Lipinski definition) is 4. The molecule has 0 saturated heterocycles. The van der Waals surface area contributed by atoms with Crippen LogP contribution in [0.1, 0.15) is 26.3 Å². The quantitative estimate of drug-likeness (QED) is 0.870. The number of nitrogens with zero attached hydrogens (tertiary/aromatic N) is 1. The van der Waals surface area contributed by atoms with Gasteiger partial charge in [0, 0.05) is 13.1 Å². The van der Waals surface area contributed by atoms with Gasteiger partial charge >= 0.3 is 6.09 Å². The van der Waals surface area contributed by atoms with Gasteiger partial charge in [-0.25, -0.2) is 9.18 Å². The van der Waals surface area contributed by atoms with E-state index in [1.807, 2.05) is 0 Å². The van der Waals surface area contributed by atoms with Crippen LogP contribution in [-0.2, 0) is 11.3 Å². The lowest BCUT2D eigenvalue weighted by Crippen LogP contribution is -2.42. The Morgan fingerprint density at radius 1 is 1.38 bits per heavy atom. The molecule has 0 aromatic heterocycles. The van der Waals surface area contributed by atoms with E-state index in [0.29, 0.717) is 0 Å². The van der Waals surface area contributed by atoms with Crippen molar-refractivity contribution in [2.45, 2.75) is 39.0 Å². The van der Waals surface area contributed by atoms with E-state index in [1.165, 1.54) is 17.0 Å². The summed E-state index contributed by atoms with van der Waals surface area (Å²) in [5, 5.41) is 9.66. The van der Waals surface area contributed by atoms with Gasteiger partial charge in [0.1, 0.15) is 11.4 Å². The predicted octanol–water partition coefficient (Wildman–Crippen LogP) is 1.88. The minimum Gasteiger partial charge on any atom is -0.444 e. The molecule has 0 saturated carbocycles. The Morgan fingerprint density at radius 2 is 1.95 bits per heavy atom. The molecule has 0 fully saturated rings. The second-order valence-corrected chi connectivity index (χ2v) is 5.88. The van der Waals surface area contributed by atoms with E-state index in [9.17, 15) is 14.3 Å². The van der Waals surface area contributed by atoms with Crippen molar-refractivity contribution in [1.29, 1.82) is 0 Å². The SMILES string of the molecule is CC(C)(C)OC(=O)N(Cc1ccc(F)cc1)CC(O)CN. The summed E-state index contributed by atoms with van der Waals surface area (Å²) in [6.07, 6.45) is -1.38. The van der Waals surface area contributed by atoms with E-state index in [1.54, 1.807) is 32.9 Å². The van der Waals surface area contributed by atoms with Gasteiger partial charge in [0.15, 0.2) is 0 Å². The van der Waals surface area contributed by atoms with Crippen molar-refractivity contribution in [3.05, 3.63) is 35.6 Å². The van der Waals surface area contributed by atoms with E-state index in [4.69, 9.17) is 10.5 Å². The van der Waals surface area contributed by atoms with E-state index in [2.05, 4.69) is 0 Å². The fourth-order valence-electron chi connectivity index (χ4n) is 1.67. The third-order valence-corrected chi connectivity index (χ3v) is 2.64. The lowest BCUT2D eigenvalue weighted by Gasteiger charge is -2.28. The molecule has 0 aliphatic heterocycles. The van der Waals surface area contributed by atoms with Gasteiger partial charge in [0.25, 0.3) is 0 Å². The zero-order valence-electron chi connectivity index (χ0n) is 12.7. The van der Waals surface area contributed by atoms with Crippen molar-refractivity contribution >= 4 is 6.09 Å². The highest BCUT2D eigenvalue weighted by molar-refractivity contribution is 5.68. The normalized spacial score (nSPS) is 12.9. The fraction of sp³-hybridized carbons (Fsp3) is 0.533. The third kappa shape index (κ3) is 6.55. The number of halogens is 1. The first-order valence-electron chi connectivity index (χ1n) is 6.82. The Bertz CT molecular complexity index is 457. The topological polar surface area (TPSA) is 75.8 Å². The molecule has 0 aliphatic rings. The van der Waals surface area contributed by atoms with Crippen LogP contribution >= 0.6 is 0 Å². The number of ether oxygens (including phenoxy) is 1. The molecule has 1 atom stereocenters. The number of rotatable bonds is 5. The molecule has 5 nitrogen and oxygen atoms in total. The van der Waals surface area contributed by atoms with E-state index in [0.717, 1.165) is 5.56 Å². The zero-order chi connectivity index (χ0) is 16.0. The Morgan fingerprint density at radius 3 is 2.43 bits per heavy atom. The first-order valence-corrected chi connectivity index (χ1v) is 6.82. The van der Waals surface area contributed by atoms with Gasteiger partial charge in [-0.05, 0) is 38.5 Å². The van der Waals surface area contributed by atoms with Gasteiger partial charge in [0.05, 0.1) is 12.6 Å². The smallest absolute Gasteiger partial charge is 0.410 e. The summed E-state index contributed by atoms with van der Waals surface area (Å²) in [6.45, 7) is 5.61. The van der Waals surface area contributed by atoms with Gasteiger partial charge in [0.2, 0.25) is 0 Å². The minimum absolute atomic E-state index is 0.0444. The average molecular weight is 298 g/mol. The standard InChI is InChI=1S/C15H23FN2O3/c1-15(2,3)21-14(20)18(10-13(19)8-17)9-11-4-6-12(16)7-5-11/h4-7,13,19H,8-10,17H2,1-3H3. The number of aliphatic hydroxyl groups excluding tert-OH is 1. The van der Waals surface area contributed by atoms with Crippen molar-refractivity contribution in [1.82, 2.24) is 4.90 Å². The van der Waals surface area contributed by atoms with E-state index < -0.39 is 17.8 Å². The first-order chi connectivity index (χ1) is 9.71. The van der Waals surface area contributed by atoms with Crippen LogP contribution in [0.4, 0.5) is 9.18 Å². The summed E-state index contributed by atoms with van der Waals surface area (Å²) >= 11 is 0. The van der Waals surface area contributed by atoms with Gasteiger partial charge in [-0.15, -0.1) is 0 Å². The molecular weight excluding hydrogens is 275 g/mol. The third-order valence-electron chi connectivity index (χ3n) is 2.64. The fourth-order valence-corrected chi connectivity index (χ4v) is 1.67. The maximum Gasteiger partial charge on any atom is 0.410 e. The molecule has 0 spiro atoms. The highest BCUT2D eigenvalue weighted by Gasteiger charge is 2.23. The number of benzene rings is 1. The van der Waals surface area contributed by atoms with Crippen molar-refractivity contribution in [2.75, 3.05) is 13.1 Å². The van der Waals surface area contributed by atoms with Crippen LogP contribution in [0.25, 0.3) is 0 Å². The summed E-state index contributed by atoms with van der Waals surface area (Å²) in [5.41, 5.74) is 5.49. The molecule has 1 unspecified atom stereocenters. The number of aliphatic hydroxyl groups is 1. The van der Waals surface area contributed by atoms with Gasteiger partial charge in [-0.2, -0.15) is 0 Å². The zero-order valence-corrected chi connectivity index (χ0v) is 12.7. The molecule has 1 aromatic rings. The van der Waals surface area contributed by atoms with E-state index >= 15 is 0 Å². The Kier molecular flexibility index (Phi) is 6.11. The summed E-state index contributed by atoms with van der Waals surface area (Å²) in [5.74, 6) is -0.343. The minimum atomic E-state index is -0.835. The Balaban J connectivity index is 2.81. The summed E-state index contributed by atoms with van der Waals surface area (Å²) < 4.78 is 18.2. The molecule has 0 radical (unpaired) electrons. The largest absolute Gasteiger partial charge is 0.444 e. The second kappa shape index (κ2) is 7.38. The molecule has 1 rings (SSSR count). The number of carbonyl (C=O) groups is 1. The number of carbonyl (C=O) groups excluding carboxylic acids is 1. The first kappa shape index (κ1) is 17.4.